The monoisotopic (exact) mass is 399 g/mol. The van der Waals surface area contributed by atoms with Crippen LogP contribution in [0.2, 0.25) is 0 Å². The number of nitrogens with zero attached hydrogens (tertiary/aromatic N) is 1. The minimum Gasteiger partial charge on any atom is -0.478 e. The molecule has 0 fully saturated rings. The number of hydrogen-bond donors (Lipinski definition) is 2. The number of rotatable bonds is 6. The molecule has 10 heteroatoms. The van der Waals surface area contributed by atoms with Gasteiger partial charge in [0, 0.05) is 36.3 Å². The maximum atomic E-state index is 13.4. The topological polar surface area (TPSA) is 67.0 Å². The van der Waals surface area contributed by atoms with Crippen LogP contribution in [0.15, 0.2) is 36.7 Å². The molecule has 0 aliphatic heterocycles. The summed E-state index contributed by atoms with van der Waals surface area (Å²) < 4.78 is 67.9. The van der Waals surface area contributed by atoms with Crippen molar-refractivity contribution in [3.63, 3.8) is 0 Å². The minimum atomic E-state index is -4.24. The second-order valence-electron chi connectivity index (χ2n) is 5.92. The van der Waals surface area contributed by atoms with E-state index in [1.54, 1.807) is 0 Å². The maximum Gasteiger partial charge on any atom is 0.389 e. The molecular formula is C18H14F5N3O2. The highest BCUT2D eigenvalue weighted by Gasteiger charge is 2.26. The van der Waals surface area contributed by atoms with E-state index in [9.17, 15) is 26.7 Å². The Morgan fingerprint density at radius 1 is 1.18 bits per heavy atom. The summed E-state index contributed by atoms with van der Waals surface area (Å²) in [6.45, 7) is -0.157. The largest absolute Gasteiger partial charge is 0.478 e. The van der Waals surface area contributed by atoms with Crippen molar-refractivity contribution in [1.29, 1.82) is 0 Å². The summed E-state index contributed by atoms with van der Waals surface area (Å²) in [5.41, 5.74) is 0.723. The van der Waals surface area contributed by atoms with Crippen LogP contribution in [0.1, 0.15) is 23.2 Å². The van der Waals surface area contributed by atoms with Gasteiger partial charge in [-0.15, -0.1) is 0 Å². The molecule has 28 heavy (non-hydrogen) atoms. The van der Waals surface area contributed by atoms with Crippen LogP contribution >= 0.6 is 0 Å². The lowest BCUT2D eigenvalue weighted by Crippen LogP contribution is -2.12. The minimum absolute atomic E-state index is 0.0864. The number of H-pyrrole nitrogens is 1. The first kappa shape index (κ1) is 19.6. The second-order valence-corrected chi connectivity index (χ2v) is 5.92. The molecule has 2 N–H and O–H groups in total. The number of halogens is 5. The number of nitrogens with one attached hydrogen (secondary N) is 2. The molecule has 3 rings (SSSR count). The van der Waals surface area contributed by atoms with E-state index < -0.39 is 30.1 Å². The van der Waals surface area contributed by atoms with Crippen molar-refractivity contribution >= 4 is 22.5 Å². The molecule has 3 aromatic rings. The fraction of sp³-hybridized carbons (Fsp3) is 0.222. The number of aromatic amines is 1. The number of alkyl halides is 3. The molecule has 0 aliphatic rings. The first-order valence-electron chi connectivity index (χ1n) is 8.16. The van der Waals surface area contributed by atoms with Gasteiger partial charge in [-0.2, -0.15) is 13.2 Å². The average Bonchev–Trinajstić information content (AvgIpc) is 3.00. The van der Waals surface area contributed by atoms with Crippen LogP contribution in [-0.4, -0.2) is 28.7 Å². The standard InChI is InChI=1S/C18H14F5N3O2/c19-12-6-11-14(7-13(12)20)24-9-15(11)26-17(27)10-2-3-16(25-8-10)28-5-1-4-18(21,22)23/h2-3,6-9,24H,1,4-5H2,(H,26,27). The number of carbonyl (C=O) groups is 1. The van der Waals surface area contributed by atoms with Crippen LogP contribution in [0.25, 0.3) is 10.9 Å². The van der Waals surface area contributed by atoms with Crippen molar-refractivity contribution in [3.05, 3.63) is 53.9 Å². The maximum absolute atomic E-state index is 13.4. The Labute approximate surface area is 155 Å². The molecule has 0 bridgehead atoms. The van der Waals surface area contributed by atoms with Gasteiger partial charge < -0.3 is 15.0 Å². The third kappa shape index (κ3) is 4.76. The summed E-state index contributed by atoms with van der Waals surface area (Å²) in [4.78, 5) is 18.9. The van der Waals surface area contributed by atoms with Gasteiger partial charge in [0.15, 0.2) is 11.6 Å². The van der Waals surface area contributed by atoms with E-state index in [0.717, 1.165) is 12.1 Å². The molecule has 0 atom stereocenters. The van der Waals surface area contributed by atoms with Gasteiger partial charge in [0.05, 0.1) is 23.4 Å². The molecule has 0 saturated heterocycles. The molecule has 0 radical (unpaired) electrons. The summed E-state index contributed by atoms with van der Waals surface area (Å²) >= 11 is 0. The van der Waals surface area contributed by atoms with Crippen LogP contribution in [0.4, 0.5) is 27.6 Å². The summed E-state index contributed by atoms with van der Waals surface area (Å²) in [7, 11) is 0. The van der Waals surface area contributed by atoms with Crippen LogP contribution in [-0.2, 0) is 0 Å². The zero-order chi connectivity index (χ0) is 20.3. The molecule has 2 heterocycles. The highest BCUT2D eigenvalue weighted by molar-refractivity contribution is 6.08. The summed E-state index contributed by atoms with van der Waals surface area (Å²) in [6.07, 6.45) is -2.81. The van der Waals surface area contributed by atoms with Gasteiger partial charge in [-0.3, -0.25) is 4.79 Å². The van der Waals surface area contributed by atoms with E-state index in [4.69, 9.17) is 4.74 Å². The van der Waals surface area contributed by atoms with Gasteiger partial charge >= 0.3 is 6.18 Å². The van der Waals surface area contributed by atoms with E-state index >= 15 is 0 Å². The summed E-state index contributed by atoms with van der Waals surface area (Å²) in [6, 6.07) is 4.68. The zero-order valence-corrected chi connectivity index (χ0v) is 14.2. The van der Waals surface area contributed by atoms with E-state index in [0.29, 0.717) is 10.9 Å². The number of amides is 1. The first-order chi connectivity index (χ1) is 13.2. The average molecular weight is 399 g/mol. The van der Waals surface area contributed by atoms with Gasteiger partial charge in [0.2, 0.25) is 5.88 Å². The Bertz CT molecular complexity index is 983. The predicted octanol–water partition coefficient (Wildman–Crippen LogP) is 4.81. The highest BCUT2D eigenvalue weighted by Crippen LogP contribution is 2.26. The quantitative estimate of drug-likeness (QED) is 0.462. The number of anilines is 1. The Hall–Kier alpha value is -3.17. The van der Waals surface area contributed by atoms with Gasteiger partial charge in [0.25, 0.3) is 5.91 Å². The lowest BCUT2D eigenvalue weighted by atomic mass is 10.2. The highest BCUT2D eigenvalue weighted by atomic mass is 19.4. The Morgan fingerprint density at radius 3 is 2.61 bits per heavy atom. The lowest BCUT2D eigenvalue weighted by Gasteiger charge is -2.08. The van der Waals surface area contributed by atoms with E-state index in [1.807, 2.05) is 0 Å². The third-order valence-electron chi connectivity index (χ3n) is 3.82. The van der Waals surface area contributed by atoms with E-state index in [1.165, 1.54) is 24.5 Å². The summed E-state index contributed by atoms with van der Waals surface area (Å²) in [5.74, 6) is -2.52. The smallest absolute Gasteiger partial charge is 0.389 e. The number of fused-ring (bicyclic) bond motifs is 1. The normalized spacial score (nSPS) is 11.6. The number of ether oxygens (including phenoxy) is 1. The number of benzene rings is 1. The Balaban J connectivity index is 1.61. The molecule has 5 nitrogen and oxygen atoms in total. The number of carbonyl (C=O) groups excluding carboxylic acids is 1. The molecule has 1 amide bonds. The number of pyridine rings is 1. The van der Waals surface area contributed by atoms with Crippen molar-refractivity contribution in [1.82, 2.24) is 9.97 Å². The van der Waals surface area contributed by atoms with Gasteiger partial charge in [-0.05, 0) is 18.6 Å². The van der Waals surface area contributed by atoms with Gasteiger partial charge in [0.1, 0.15) is 0 Å². The fourth-order valence-electron chi connectivity index (χ4n) is 2.46. The van der Waals surface area contributed by atoms with E-state index in [2.05, 4.69) is 15.3 Å². The SMILES string of the molecule is O=C(Nc1c[nH]c2cc(F)c(F)cc12)c1ccc(OCCCC(F)(F)F)nc1. The first-order valence-corrected chi connectivity index (χ1v) is 8.16. The fourth-order valence-corrected chi connectivity index (χ4v) is 2.46. The van der Waals surface area contributed by atoms with Gasteiger partial charge in [-0.1, -0.05) is 0 Å². The number of hydrogen-bond acceptors (Lipinski definition) is 3. The Morgan fingerprint density at radius 2 is 1.93 bits per heavy atom. The van der Waals surface area contributed by atoms with Crippen molar-refractivity contribution in [2.45, 2.75) is 19.0 Å². The number of aromatic nitrogens is 2. The molecule has 0 spiro atoms. The molecule has 0 saturated carbocycles. The molecule has 2 aromatic heterocycles. The van der Waals surface area contributed by atoms with Crippen molar-refractivity contribution in [2.24, 2.45) is 0 Å². The van der Waals surface area contributed by atoms with Crippen LogP contribution in [0.3, 0.4) is 0 Å². The molecular weight excluding hydrogens is 385 g/mol. The van der Waals surface area contributed by atoms with Crippen molar-refractivity contribution in [3.8, 4) is 5.88 Å². The van der Waals surface area contributed by atoms with Crippen molar-refractivity contribution in [2.75, 3.05) is 11.9 Å². The predicted molar refractivity (Wildman–Crippen MR) is 91.2 cm³/mol. The molecule has 1 aromatic carbocycles. The third-order valence-corrected chi connectivity index (χ3v) is 3.82. The van der Waals surface area contributed by atoms with Gasteiger partial charge in [-0.25, -0.2) is 13.8 Å². The molecule has 0 aliphatic carbocycles. The molecule has 148 valence electrons. The molecule has 0 unspecified atom stereocenters. The lowest BCUT2D eigenvalue weighted by molar-refractivity contribution is -0.136. The summed E-state index contributed by atoms with van der Waals surface area (Å²) in [5, 5.41) is 2.85. The Kier molecular flexibility index (Phi) is 5.48. The van der Waals surface area contributed by atoms with Crippen molar-refractivity contribution < 1.29 is 31.5 Å². The van der Waals surface area contributed by atoms with E-state index in [-0.39, 0.29) is 30.2 Å². The second kappa shape index (κ2) is 7.83. The van der Waals surface area contributed by atoms with Crippen LogP contribution < -0.4 is 10.1 Å². The van der Waals surface area contributed by atoms with Crippen LogP contribution in [0.5, 0.6) is 5.88 Å². The van der Waals surface area contributed by atoms with Crippen LogP contribution in [0, 0.1) is 11.6 Å². The zero-order valence-electron chi connectivity index (χ0n) is 14.2.